The Balaban J connectivity index is 1.53. The molecule has 3 amide bonds. The van der Waals surface area contributed by atoms with Gasteiger partial charge in [0.1, 0.15) is 5.82 Å². The molecule has 5 rings (SSSR count). The number of benzene rings is 3. The Morgan fingerprint density at radius 3 is 2.59 bits per heavy atom. The number of thioether (sulfide) groups is 1. The average molecular weight is 448 g/mol. The van der Waals surface area contributed by atoms with E-state index in [4.69, 9.17) is 0 Å². The van der Waals surface area contributed by atoms with E-state index in [9.17, 15) is 14.0 Å². The highest BCUT2D eigenvalue weighted by Gasteiger charge is 2.59. The summed E-state index contributed by atoms with van der Waals surface area (Å²) >= 11 is 1.49. The van der Waals surface area contributed by atoms with Crippen molar-refractivity contribution in [2.45, 2.75) is 18.3 Å². The van der Waals surface area contributed by atoms with Gasteiger partial charge < -0.3 is 10.2 Å². The molecule has 3 aromatic rings. The van der Waals surface area contributed by atoms with Crippen molar-refractivity contribution >= 4 is 35.1 Å². The first-order valence-corrected chi connectivity index (χ1v) is 11.4. The number of nitrogens with one attached hydrogen (secondary N) is 1. The van der Waals surface area contributed by atoms with Crippen LogP contribution in [0.3, 0.4) is 0 Å². The maximum absolute atomic E-state index is 13.9. The monoisotopic (exact) mass is 447 g/mol. The first kappa shape index (κ1) is 20.6. The molecule has 2 heterocycles. The number of nitrogens with zero attached hydrogens (tertiary/aromatic N) is 2. The number of hydrogen-bond donors (Lipinski definition) is 1. The van der Waals surface area contributed by atoms with Crippen LogP contribution in [0.1, 0.15) is 16.7 Å². The molecule has 1 fully saturated rings. The van der Waals surface area contributed by atoms with E-state index in [1.165, 1.54) is 36.0 Å². The number of rotatable bonds is 3. The van der Waals surface area contributed by atoms with Crippen molar-refractivity contribution in [3.05, 3.63) is 95.3 Å². The molecule has 162 valence electrons. The summed E-state index contributed by atoms with van der Waals surface area (Å²) in [5.41, 5.74) is 4.21. The zero-order chi connectivity index (χ0) is 22.3. The van der Waals surface area contributed by atoms with Crippen LogP contribution in [0.15, 0.2) is 72.8 Å². The number of amides is 3. The molecule has 2 aliphatic heterocycles. The highest BCUT2D eigenvalue weighted by molar-refractivity contribution is 8.01. The summed E-state index contributed by atoms with van der Waals surface area (Å²) in [6, 6.07) is 21.1. The second-order valence-electron chi connectivity index (χ2n) is 7.98. The molecular formula is C25H22FN3O2S. The third-order valence-electron chi connectivity index (χ3n) is 5.87. The first-order valence-electron chi connectivity index (χ1n) is 10.4. The summed E-state index contributed by atoms with van der Waals surface area (Å²) in [4.78, 5) is 29.5. The fourth-order valence-corrected chi connectivity index (χ4v) is 5.83. The van der Waals surface area contributed by atoms with Crippen LogP contribution in [0, 0.1) is 12.7 Å². The Kier molecular flexibility index (Phi) is 5.13. The van der Waals surface area contributed by atoms with Crippen molar-refractivity contribution in [2.24, 2.45) is 0 Å². The number of carbonyl (C=O) groups is 2. The lowest BCUT2D eigenvalue weighted by Gasteiger charge is -2.33. The smallest absolute Gasteiger partial charge is 0.308 e. The first-order chi connectivity index (χ1) is 15.5. The fourth-order valence-electron chi connectivity index (χ4n) is 4.38. The number of halogens is 1. The molecule has 0 saturated carbocycles. The Bertz CT molecular complexity index is 1190. The number of hydrogen-bond acceptors (Lipinski definition) is 3. The van der Waals surface area contributed by atoms with Gasteiger partial charge in [0, 0.05) is 23.5 Å². The van der Waals surface area contributed by atoms with Crippen molar-refractivity contribution in [1.29, 1.82) is 0 Å². The summed E-state index contributed by atoms with van der Waals surface area (Å²) in [7, 11) is 0. The maximum Gasteiger partial charge on any atom is 0.323 e. The van der Waals surface area contributed by atoms with Gasteiger partial charge in [0.2, 0.25) is 0 Å². The van der Waals surface area contributed by atoms with Gasteiger partial charge in [0.25, 0.3) is 5.91 Å². The molecule has 32 heavy (non-hydrogen) atoms. The SMILES string of the molecule is Cc1ccc2c(c1)[C@@]1(SCCN1C(=O)Nc1ccc(F)cc1)C(=O)N2Cc1ccccc1. The van der Waals surface area contributed by atoms with Gasteiger partial charge >= 0.3 is 6.03 Å². The molecule has 5 nitrogen and oxygen atoms in total. The Hall–Kier alpha value is -3.32. The van der Waals surface area contributed by atoms with Gasteiger partial charge in [-0.05, 0) is 42.8 Å². The molecule has 3 aromatic carbocycles. The van der Waals surface area contributed by atoms with Gasteiger partial charge in [-0.3, -0.25) is 9.69 Å². The quantitative estimate of drug-likeness (QED) is 0.607. The van der Waals surface area contributed by atoms with E-state index < -0.39 is 4.87 Å². The van der Waals surface area contributed by atoms with E-state index in [2.05, 4.69) is 5.32 Å². The van der Waals surface area contributed by atoms with Gasteiger partial charge in [-0.1, -0.05) is 48.0 Å². The summed E-state index contributed by atoms with van der Waals surface area (Å²) in [5.74, 6) is 0.164. The molecule has 0 aromatic heterocycles. The van der Waals surface area contributed by atoms with Gasteiger partial charge in [-0.2, -0.15) is 0 Å². The van der Waals surface area contributed by atoms with Crippen molar-refractivity contribution < 1.29 is 14.0 Å². The average Bonchev–Trinajstić information content (AvgIpc) is 3.33. The van der Waals surface area contributed by atoms with E-state index in [1.54, 1.807) is 9.80 Å². The van der Waals surface area contributed by atoms with E-state index in [0.717, 1.165) is 22.4 Å². The van der Waals surface area contributed by atoms with Gasteiger partial charge in [-0.15, -0.1) is 11.8 Å². The molecule has 1 saturated heterocycles. The van der Waals surface area contributed by atoms with Crippen LogP contribution in [0.4, 0.5) is 20.6 Å². The van der Waals surface area contributed by atoms with Crippen molar-refractivity contribution in [1.82, 2.24) is 4.90 Å². The predicted molar refractivity (Wildman–Crippen MR) is 125 cm³/mol. The zero-order valence-corrected chi connectivity index (χ0v) is 18.4. The van der Waals surface area contributed by atoms with Crippen molar-refractivity contribution in [3.63, 3.8) is 0 Å². The molecular weight excluding hydrogens is 425 g/mol. The molecule has 1 spiro atoms. The van der Waals surface area contributed by atoms with Crippen LogP contribution in [0.2, 0.25) is 0 Å². The predicted octanol–water partition coefficient (Wildman–Crippen LogP) is 5.11. The van der Waals surface area contributed by atoms with Gasteiger partial charge in [0.05, 0.1) is 12.2 Å². The molecule has 0 aliphatic carbocycles. The molecule has 0 radical (unpaired) electrons. The number of carbonyl (C=O) groups excluding carboxylic acids is 2. The second-order valence-corrected chi connectivity index (χ2v) is 9.27. The molecule has 7 heteroatoms. The van der Waals surface area contributed by atoms with Crippen LogP contribution in [0.25, 0.3) is 0 Å². The molecule has 0 bridgehead atoms. The molecule has 1 N–H and O–H groups in total. The van der Waals surface area contributed by atoms with Gasteiger partial charge in [-0.25, -0.2) is 9.18 Å². The number of urea groups is 1. The van der Waals surface area contributed by atoms with E-state index in [1.807, 2.05) is 55.5 Å². The van der Waals surface area contributed by atoms with Crippen LogP contribution >= 0.6 is 11.8 Å². The minimum absolute atomic E-state index is 0.112. The third kappa shape index (κ3) is 3.33. The van der Waals surface area contributed by atoms with Crippen molar-refractivity contribution in [3.8, 4) is 0 Å². The molecule has 0 unspecified atom stereocenters. The number of fused-ring (bicyclic) bond motifs is 2. The Morgan fingerprint density at radius 1 is 1.09 bits per heavy atom. The fraction of sp³-hybridized carbons (Fsp3) is 0.200. The van der Waals surface area contributed by atoms with Crippen LogP contribution in [0.5, 0.6) is 0 Å². The third-order valence-corrected chi connectivity index (χ3v) is 7.29. The Morgan fingerprint density at radius 2 is 1.84 bits per heavy atom. The zero-order valence-electron chi connectivity index (χ0n) is 17.5. The lowest BCUT2D eigenvalue weighted by Crippen LogP contribution is -2.51. The summed E-state index contributed by atoms with van der Waals surface area (Å²) < 4.78 is 13.3. The highest BCUT2D eigenvalue weighted by atomic mass is 32.2. The van der Waals surface area contributed by atoms with E-state index in [0.29, 0.717) is 24.5 Å². The normalized spacial score (nSPS) is 19.5. The highest BCUT2D eigenvalue weighted by Crippen LogP contribution is 2.54. The van der Waals surface area contributed by atoms with Gasteiger partial charge in [0.15, 0.2) is 4.87 Å². The largest absolute Gasteiger partial charge is 0.323 e. The second kappa shape index (κ2) is 7.98. The minimum atomic E-state index is -1.11. The summed E-state index contributed by atoms with van der Waals surface area (Å²) in [6.45, 7) is 2.86. The van der Waals surface area contributed by atoms with Crippen LogP contribution in [-0.4, -0.2) is 29.1 Å². The van der Waals surface area contributed by atoms with Crippen LogP contribution in [-0.2, 0) is 16.2 Å². The lowest BCUT2D eigenvalue weighted by atomic mass is 10.0. The van der Waals surface area contributed by atoms with E-state index in [-0.39, 0.29) is 17.8 Å². The summed E-state index contributed by atoms with van der Waals surface area (Å²) in [6.07, 6.45) is 0. The lowest BCUT2D eigenvalue weighted by molar-refractivity contribution is -0.123. The molecule has 1 atom stereocenters. The standard InChI is InChI=1S/C25H22FN3O2S/c1-17-7-12-22-21(15-17)25(23(30)28(22)16-18-5-3-2-4-6-18)29(13-14-32-25)24(31)27-20-10-8-19(26)9-11-20/h2-12,15H,13-14,16H2,1H3,(H,27,31)/t25-/m1/s1. The van der Waals surface area contributed by atoms with Crippen LogP contribution < -0.4 is 10.2 Å². The molecule has 2 aliphatic rings. The summed E-state index contributed by atoms with van der Waals surface area (Å²) in [5, 5.41) is 2.83. The van der Waals surface area contributed by atoms with E-state index >= 15 is 0 Å². The van der Waals surface area contributed by atoms with Crippen molar-refractivity contribution in [2.75, 3.05) is 22.5 Å². The number of aryl methyl sites for hydroxylation is 1. The number of anilines is 2. The minimum Gasteiger partial charge on any atom is -0.308 e. The Labute approximate surface area is 190 Å². The topological polar surface area (TPSA) is 52.7 Å². The maximum atomic E-state index is 13.9.